The predicted molar refractivity (Wildman–Crippen MR) is 172 cm³/mol. The molecule has 7 rings (SSSR count). The van der Waals surface area contributed by atoms with Gasteiger partial charge in [0, 0.05) is 51.9 Å². The second-order valence-electron chi connectivity index (χ2n) is 10.8. The maximum absolute atomic E-state index is 3.94. The zero-order valence-electron chi connectivity index (χ0n) is 22.9. The van der Waals surface area contributed by atoms with Gasteiger partial charge in [-0.05, 0) is 65.4 Å². The molecular formula is C38H32N2. The average Bonchev–Trinajstić information content (AvgIpc) is 3.21. The maximum Gasteiger partial charge on any atom is 0.0577 e. The first-order valence-electron chi connectivity index (χ1n) is 14.0. The predicted octanol–water partition coefficient (Wildman–Crippen LogP) is 9.80. The molecule has 2 heterocycles. The summed E-state index contributed by atoms with van der Waals surface area (Å²) >= 11 is 0. The van der Waals surface area contributed by atoms with Crippen molar-refractivity contribution in [3.63, 3.8) is 0 Å². The van der Waals surface area contributed by atoms with E-state index in [0.29, 0.717) is 0 Å². The van der Waals surface area contributed by atoms with Gasteiger partial charge in [0.2, 0.25) is 0 Å². The van der Waals surface area contributed by atoms with Crippen LogP contribution in [0.1, 0.15) is 27.8 Å². The van der Waals surface area contributed by atoms with Crippen LogP contribution in [0.3, 0.4) is 0 Å². The number of hydrogen-bond acceptors (Lipinski definition) is 1. The first kappa shape index (κ1) is 24.2. The van der Waals surface area contributed by atoms with Crippen molar-refractivity contribution in [3.05, 3.63) is 144 Å². The number of hydrogen-bond donors (Lipinski definition) is 0. The molecule has 0 saturated heterocycles. The van der Waals surface area contributed by atoms with E-state index in [4.69, 9.17) is 0 Å². The Morgan fingerprint density at radius 3 is 2.23 bits per heavy atom. The third-order valence-corrected chi connectivity index (χ3v) is 8.33. The van der Waals surface area contributed by atoms with Gasteiger partial charge in [-0.3, -0.25) is 0 Å². The van der Waals surface area contributed by atoms with Crippen molar-refractivity contribution in [1.82, 2.24) is 4.57 Å². The molecule has 0 N–H and O–H groups in total. The lowest BCUT2D eigenvalue weighted by Crippen LogP contribution is -2.19. The summed E-state index contributed by atoms with van der Waals surface area (Å²) in [4.78, 5) is 2.49. The highest BCUT2D eigenvalue weighted by Crippen LogP contribution is 2.45. The molecule has 0 unspecified atom stereocenters. The van der Waals surface area contributed by atoms with Gasteiger partial charge < -0.3 is 9.47 Å². The molecule has 0 spiro atoms. The molecule has 1 aliphatic rings. The Balaban J connectivity index is 1.49. The molecule has 194 valence electrons. The molecule has 1 aliphatic heterocycles. The fourth-order valence-corrected chi connectivity index (χ4v) is 6.29. The summed E-state index contributed by atoms with van der Waals surface area (Å²) < 4.78 is 2.53. The number of benzene rings is 5. The number of anilines is 2. The maximum atomic E-state index is 3.94. The van der Waals surface area contributed by atoms with E-state index >= 15 is 0 Å². The van der Waals surface area contributed by atoms with E-state index in [1.54, 1.807) is 0 Å². The van der Waals surface area contributed by atoms with Crippen molar-refractivity contribution in [1.29, 1.82) is 0 Å². The van der Waals surface area contributed by atoms with Crippen molar-refractivity contribution in [2.75, 3.05) is 11.4 Å². The van der Waals surface area contributed by atoms with Crippen molar-refractivity contribution >= 4 is 45.3 Å². The quantitative estimate of drug-likeness (QED) is 0.221. The Hall–Kier alpha value is -4.82. The highest BCUT2D eigenvalue weighted by atomic mass is 15.1. The zero-order chi connectivity index (χ0) is 27.2. The van der Waals surface area contributed by atoms with Gasteiger partial charge in [-0.2, -0.15) is 0 Å². The van der Waals surface area contributed by atoms with E-state index in [9.17, 15) is 0 Å². The third kappa shape index (κ3) is 3.96. The molecule has 0 amide bonds. The van der Waals surface area contributed by atoms with E-state index in [0.717, 1.165) is 30.6 Å². The molecule has 5 aromatic carbocycles. The summed E-state index contributed by atoms with van der Waals surface area (Å²) in [6, 6.07) is 38.0. The number of nitrogens with zero attached hydrogens (tertiary/aromatic N) is 2. The van der Waals surface area contributed by atoms with Crippen LogP contribution in [0.15, 0.2) is 116 Å². The van der Waals surface area contributed by atoms with Crippen LogP contribution in [-0.4, -0.2) is 11.1 Å². The Morgan fingerprint density at radius 2 is 1.48 bits per heavy atom. The van der Waals surface area contributed by atoms with Gasteiger partial charge in [0.15, 0.2) is 0 Å². The fourth-order valence-electron chi connectivity index (χ4n) is 6.29. The van der Waals surface area contributed by atoms with Crippen molar-refractivity contribution in [2.24, 2.45) is 0 Å². The molecule has 0 bridgehead atoms. The number of aromatic nitrogens is 1. The van der Waals surface area contributed by atoms with Gasteiger partial charge in [0.25, 0.3) is 0 Å². The summed E-state index contributed by atoms with van der Waals surface area (Å²) in [5.41, 5.74) is 14.0. The topological polar surface area (TPSA) is 8.17 Å². The number of para-hydroxylation sites is 1. The monoisotopic (exact) mass is 516 g/mol. The standard InChI is InChI=1S/C38H32N2/c1-4-27-11-13-29(14-12-27)25-40-35-9-7-6-8-32(35)33-21-17-30-22-23-39(31-18-15-28(5-2)16-19-31)36-24-26(3)10-20-34(36)37(30)38(33)40/h4-21,24H,1-2,22-23,25H2,3H3. The van der Waals surface area contributed by atoms with E-state index in [1.807, 2.05) is 12.2 Å². The summed E-state index contributed by atoms with van der Waals surface area (Å²) in [6.45, 7) is 11.8. The zero-order valence-corrected chi connectivity index (χ0v) is 22.9. The minimum Gasteiger partial charge on any atom is -0.341 e. The molecule has 0 fully saturated rings. The second kappa shape index (κ2) is 9.73. The molecule has 1 aromatic heterocycles. The van der Waals surface area contributed by atoms with Crippen LogP contribution in [0.4, 0.5) is 11.4 Å². The van der Waals surface area contributed by atoms with E-state index < -0.39 is 0 Å². The van der Waals surface area contributed by atoms with Gasteiger partial charge in [-0.15, -0.1) is 0 Å². The van der Waals surface area contributed by atoms with Crippen LogP contribution in [0.2, 0.25) is 0 Å². The van der Waals surface area contributed by atoms with Crippen LogP contribution >= 0.6 is 0 Å². The van der Waals surface area contributed by atoms with Crippen LogP contribution < -0.4 is 4.90 Å². The van der Waals surface area contributed by atoms with Crippen molar-refractivity contribution in [3.8, 4) is 11.1 Å². The summed E-state index contributed by atoms with van der Waals surface area (Å²) in [7, 11) is 0. The Bertz CT molecular complexity index is 1900. The minimum absolute atomic E-state index is 0.811. The molecule has 0 radical (unpaired) electrons. The molecule has 40 heavy (non-hydrogen) atoms. The fraction of sp³-hybridized carbons (Fsp3) is 0.105. The van der Waals surface area contributed by atoms with E-state index in [2.05, 4.69) is 133 Å². The van der Waals surface area contributed by atoms with Crippen LogP contribution in [0.5, 0.6) is 0 Å². The third-order valence-electron chi connectivity index (χ3n) is 8.33. The van der Waals surface area contributed by atoms with Gasteiger partial charge in [0.1, 0.15) is 0 Å². The Kier molecular flexibility index (Phi) is 5.90. The first-order chi connectivity index (χ1) is 19.6. The molecule has 2 heteroatoms. The largest absolute Gasteiger partial charge is 0.341 e. The van der Waals surface area contributed by atoms with Gasteiger partial charge >= 0.3 is 0 Å². The number of aryl methyl sites for hydroxylation is 1. The van der Waals surface area contributed by atoms with E-state index in [1.165, 1.54) is 61.0 Å². The summed E-state index contributed by atoms with van der Waals surface area (Å²) in [6.07, 6.45) is 4.78. The minimum atomic E-state index is 0.811. The normalized spacial score (nSPS) is 12.7. The Labute approximate surface area is 236 Å². The second-order valence-corrected chi connectivity index (χ2v) is 10.8. The molecule has 6 aromatic rings. The lowest BCUT2D eigenvalue weighted by molar-refractivity contribution is 0.868. The van der Waals surface area contributed by atoms with Gasteiger partial charge in [0.05, 0.1) is 5.52 Å². The molecular weight excluding hydrogens is 484 g/mol. The first-order valence-corrected chi connectivity index (χ1v) is 14.0. The molecule has 0 atom stereocenters. The summed E-state index contributed by atoms with van der Waals surface area (Å²) in [5, 5.41) is 2.62. The summed E-state index contributed by atoms with van der Waals surface area (Å²) in [5.74, 6) is 0. The average molecular weight is 517 g/mol. The van der Waals surface area contributed by atoms with Crippen molar-refractivity contribution < 1.29 is 0 Å². The highest BCUT2D eigenvalue weighted by Gasteiger charge is 2.25. The van der Waals surface area contributed by atoms with Crippen LogP contribution in [0.25, 0.3) is 45.1 Å². The van der Waals surface area contributed by atoms with Crippen LogP contribution in [0, 0.1) is 6.92 Å². The van der Waals surface area contributed by atoms with Gasteiger partial charge in [-0.1, -0.05) is 104 Å². The molecule has 0 aliphatic carbocycles. The van der Waals surface area contributed by atoms with Crippen LogP contribution in [-0.2, 0) is 13.0 Å². The Morgan fingerprint density at radius 1 is 0.750 bits per heavy atom. The van der Waals surface area contributed by atoms with Gasteiger partial charge in [-0.25, -0.2) is 0 Å². The molecule has 2 nitrogen and oxygen atoms in total. The van der Waals surface area contributed by atoms with Crippen molar-refractivity contribution in [2.45, 2.75) is 19.9 Å². The highest BCUT2D eigenvalue weighted by molar-refractivity contribution is 6.14. The lowest BCUT2D eigenvalue weighted by Gasteiger charge is -2.26. The number of fused-ring (bicyclic) bond motifs is 7. The molecule has 0 saturated carbocycles. The number of rotatable bonds is 5. The lowest BCUT2D eigenvalue weighted by atomic mass is 9.94. The SMILES string of the molecule is C=Cc1ccc(Cn2c3ccccc3c3ccc4c(c32)-c2ccc(C)cc2N(c2ccc(C=C)cc2)CC4)cc1. The smallest absolute Gasteiger partial charge is 0.0577 e. The van der Waals surface area contributed by atoms with E-state index in [-0.39, 0.29) is 0 Å².